The van der Waals surface area contributed by atoms with Crippen LogP contribution in [-0.2, 0) is 0 Å². The molecule has 2 aliphatic rings. The standard InChI is InChI=1S/C27H27FN4O4/c1-2-29-11-13-30(14-12-29)25-16-24-22(15-23(25)28)27(34)19(17-31(24)20-8-9-20)5-10-26(33)18-3-6-21(7-4-18)32(35)36/h3-7,10,15-17,20H,2,8-9,11-14H2,1H3/b10-5+. The molecule has 2 heterocycles. The fourth-order valence-electron chi connectivity index (χ4n) is 4.71. The molecule has 0 unspecified atom stereocenters. The van der Waals surface area contributed by atoms with Gasteiger partial charge in [-0.05, 0) is 55.8 Å². The van der Waals surface area contributed by atoms with E-state index in [-0.39, 0.29) is 28.5 Å². The third-order valence-corrected chi connectivity index (χ3v) is 7.01. The quantitative estimate of drug-likeness (QED) is 0.211. The van der Waals surface area contributed by atoms with Crippen LogP contribution >= 0.6 is 0 Å². The van der Waals surface area contributed by atoms with Crippen LogP contribution < -0.4 is 10.3 Å². The normalized spacial score (nSPS) is 16.7. The highest BCUT2D eigenvalue weighted by atomic mass is 19.1. The van der Waals surface area contributed by atoms with Crippen molar-refractivity contribution < 1.29 is 14.1 Å². The number of benzene rings is 2. The van der Waals surface area contributed by atoms with Crippen molar-refractivity contribution in [3.63, 3.8) is 0 Å². The molecule has 0 spiro atoms. The van der Waals surface area contributed by atoms with E-state index in [0.717, 1.165) is 45.6 Å². The topological polar surface area (TPSA) is 88.7 Å². The van der Waals surface area contributed by atoms with E-state index in [9.17, 15) is 19.7 Å². The Labute approximate surface area is 207 Å². The number of halogens is 1. The first kappa shape index (κ1) is 23.9. The molecule has 0 bridgehead atoms. The van der Waals surface area contributed by atoms with E-state index >= 15 is 4.39 Å². The summed E-state index contributed by atoms with van der Waals surface area (Å²) in [5.41, 5.74) is 1.36. The molecular weight excluding hydrogens is 463 g/mol. The van der Waals surface area contributed by atoms with Crippen LogP contribution in [0.4, 0.5) is 15.8 Å². The number of allylic oxidation sites excluding steroid dienone is 1. The first-order chi connectivity index (χ1) is 17.4. The smallest absolute Gasteiger partial charge is 0.269 e. The van der Waals surface area contributed by atoms with Crippen molar-refractivity contribution in [2.75, 3.05) is 37.6 Å². The number of nitro benzene ring substituents is 1. The lowest BCUT2D eigenvalue weighted by atomic mass is 10.1. The summed E-state index contributed by atoms with van der Waals surface area (Å²) < 4.78 is 17.3. The molecule has 1 saturated carbocycles. The Balaban J connectivity index is 1.48. The number of hydrogen-bond donors (Lipinski definition) is 0. The summed E-state index contributed by atoms with van der Waals surface area (Å²) in [7, 11) is 0. The molecule has 9 heteroatoms. The van der Waals surface area contributed by atoms with Gasteiger partial charge in [-0.1, -0.05) is 6.92 Å². The second-order valence-electron chi connectivity index (χ2n) is 9.30. The summed E-state index contributed by atoms with van der Waals surface area (Å²) in [5, 5.41) is 11.1. The minimum Gasteiger partial charge on any atom is -0.367 e. The number of aromatic nitrogens is 1. The Hall–Kier alpha value is -3.85. The Bertz CT molecular complexity index is 1420. The zero-order chi connectivity index (χ0) is 25.4. The second-order valence-corrected chi connectivity index (χ2v) is 9.30. The fraction of sp³-hybridized carbons (Fsp3) is 0.333. The molecule has 36 heavy (non-hydrogen) atoms. The van der Waals surface area contributed by atoms with Gasteiger partial charge < -0.3 is 14.4 Å². The molecule has 0 N–H and O–H groups in total. The number of rotatable bonds is 7. The van der Waals surface area contributed by atoms with E-state index in [1.807, 2.05) is 9.47 Å². The van der Waals surface area contributed by atoms with Gasteiger partial charge in [0, 0.05) is 67.1 Å². The lowest BCUT2D eigenvalue weighted by molar-refractivity contribution is -0.384. The summed E-state index contributed by atoms with van der Waals surface area (Å²) in [6.07, 6.45) is 6.42. The molecule has 2 fully saturated rings. The van der Waals surface area contributed by atoms with Crippen molar-refractivity contribution in [2.45, 2.75) is 25.8 Å². The number of anilines is 1. The molecule has 3 aromatic rings. The molecule has 1 aliphatic carbocycles. The number of nitrogens with zero attached hydrogens (tertiary/aromatic N) is 4. The lowest BCUT2D eigenvalue weighted by Gasteiger charge is -2.35. The van der Waals surface area contributed by atoms with E-state index in [4.69, 9.17) is 0 Å². The monoisotopic (exact) mass is 490 g/mol. The fourth-order valence-corrected chi connectivity index (χ4v) is 4.71. The number of hydrogen-bond acceptors (Lipinski definition) is 6. The molecule has 186 valence electrons. The van der Waals surface area contributed by atoms with E-state index in [0.29, 0.717) is 22.2 Å². The van der Waals surface area contributed by atoms with Crippen LogP contribution in [0.5, 0.6) is 0 Å². The molecule has 0 atom stereocenters. The number of nitro groups is 1. The molecule has 1 saturated heterocycles. The highest BCUT2D eigenvalue weighted by molar-refractivity contribution is 6.07. The first-order valence-corrected chi connectivity index (χ1v) is 12.2. The van der Waals surface area contributed by atoms with E-state index < -0.39 is 10.7 Å². The summed E-state index contributed by atoms with van der Waals surface area (Å²) in [5.74, 6) is -0.801. The van der Waals surface area contributed by atoms with Crippen molar-refractivity contribution in [3.05, 3.63) is 86.0 Å². The zero-order valence-corrected chi connectivity index (χ0v) is 20.0. The zero-order valence-electron chi connectivity index (χ0n) is 20.0. The first-order valence-electron chi connectivity index (χ1n) is 12.2. The Morgan fingerprint density at radius 3 is 2.44 bits per heavy atom. The third-order valence-electron chi connectivity index (χ3n) is 7.01. The lowest BCUT2D eigenvalue weighted by Crippen LogP contribution is -2.46. The van der Waals surface area contributed by atoms with Crippen LogP contribution in [0.3, 0.4) is 0 Å². The van der Waals surface area contributed by atoms with Crippen LogP contribution in [0.1, 0.15) is 41.7 Å². The van der Waals surface area contributed by atoms with E-state index in [2.05, 4.69) is 11.8 Å². The highest BCUT2D eigenvalue weighted by Crippen LogP contribution is 2.38. The molecule has 1 aromatic heterocycles. The summed E-state index contributed by atoms with van der Waals surface area (Å²) in [6.45, 7) is 6.29. The van der Waals surface area contributed by atoms with Gasteiger partial charge in [-0.2, -0.15) is 0 Å². The molecule has 1 aliphatic heterocycles. The Kier molecular flexibility index (Phi) is 6.40. The van der Waals surface area contributed by atoms with Crippen molar-refractivity contribution in [2.24, 2.45) is 0 Å². The van der Waals surface area contributed by atoms with Gasteiger partial charge in [0.05, 0.1) is 16.1 Å². The van der Waals surface area contributed by atoms with Crippen LogP contribution in [0, 0.1) is 15.9 Å². The van der Waals surface area contributed by atoms with Crippen molar-refractivity contribution in [1.82, 2.24) is 9.47 Å². The van der Waals surface area contributed by atoms with Crippen LogP contribution in [0.15, 0.2) is 53.5 Å². The maximum atomic E-state index is 15.2. The number of pyridine rings is 1. The van der Waals surface area contributed by atoms with Crippen LogP contribution in [0.25, 0.3) is 17.0 Å². The van der Waals surface area contributed by atoms with E-state index in [1.54, 1.807) is 12.3 Å². The minimum atomic E-state index is -0.533. The van der Waals surface area contributed by atoms with Crippen molar-refractivity contribution >= 4 is 34.1 Å². The van der Waals surface area contributed by atoms with Crippen molar-refractivity contribution in [3.8, 4) is 0 Å². The molecule has 8 nitrogen and oxygen atoms in total. The summed E-state index contributed by atoms with van der Waals surface area (Å²) in [4.78, 5) is 40.5. The number of piperazine rings is 1. The van der Waals surface area contributed by atoms with Crippen LogP contribution in [0.2, 0.25) is 0 Å². The largest absolute Gasteiger partial charge is 0.367 e. The van der Waals surface area contributed by atoms with Crippen LogP contribution in [-0.4, -0.2) is 52.9 Å². The number of likely N-dealkylation sites (N-methyl/N-ethyl adjacent to an activating group) is 1. The molecule has 0 amide bonds. The number of non-ortho nitro benzene ring substituents is 1. The molecule has 0 radical (unpaired) electrons. The molecule has 5 rings (SSSR count). The average molecular weight is 491 g/mol. The van der Waals surface area contributed by atoms with Gasteiger partial charge in [0.2, 0.25) is 0 Å². The Morgan fingerprint density at radius 2 is 1.83 bits per heavy atom. The van der Waals surface area contributed by atoms with Gasteiger partial charge in [-0.15, -0.1) is 0 Å². The number of ketones is 1. The van der Waals surface area contributed by atoms with Gasteiger partial charge in [0.15, 0.2) is 11.2 Å². The average Bonchev–Trinajstić information content (AvgIpc) is 3.74. The van der Waals surface area contributed by atoms with Gasteiger partial charge in [-0.3, -0.25) is 19.7 Å². The summed E-state index contributed by atoms with van der Waals surface area (Å²) >= 11 is 0. The Morgan fingerprint density at radius 1 is 1.14 bits per heavy atom. The SMILES string of the molecule is CCN1CCN(c2cc3c(cc2F)c(=O)c(/C=C/C(=O)c2ccc([N+](=O)[O-])cc2)cn3C2CC2)CC1. The van der Waals surface area contributed by atoms with Gasteiger partial charge in [-0.25, -0.2) is 4.39 Å². The maximum absolute atomic E-state index is 15.2. The van der Waals surface area contributed by atoms with Gasteiger partial charge in [0.25, 0.3) is 5.69 Å². The molecular formula is C27H27FN4O4. The number of fused-ring (bicyclic) bond motifs is 1. The van der Waals surface area contributed by atoms with Gasteiger partial charge >= 0.3 is 0 Å². The van der Waals surface area contributed by atoms with E-state index in [1.165, 1.54) is 42.5 Å². The van der Waals surface area contributed by atoms with Gasteiger partial charge in [0.1, 0.15) is 5.82 Å². The maximum Gasteiger partial charge on any atom is 0.269 e. The highest BCUT2D eigenvalue weighted by Gasteiger charge is 2.27. The van der Waals surface area contributed by atoms with Crippen molar-refractivity contribution in [1.29, 1.82) is 0 Å². The second kappa shape index (κ2) is 9.66. The third kappa shape index (κ3) is 4.66. The molecule has 2 aromatic carbocycles. The predicted molar refractivity (Wildman–Crippen MR) is 137 cm³/mol. The summed E-state index contributed by atoms with van der Waals surface area (Å²) in [6, 6.07) is 8.64. The number of carbonyl (C=O) groups is 1. The number of carbonyl (C=O) groups excluding carboxylic acids is 1. The predicted octanol–water partition coefficient (Wildman–Crippen LogP) is 4.42. The minimum absolute atomic E-state index is 0.106.